The number of hydrogen-bond acceptors (Lipinski definition) is 3. The molecule has 2 aliphatic heterocycles. The average molecular weight is 411 g/mol. The van der Waals surface area contributed by atoms with Crippen LogP contribution in [0.15, 0.2) is 42.5 Å². The summed E-state index contributed by atoms with van der Waals surface area (Å²) in [5, 5.41) is 4.08. The van der Waals surface area contributed by atoms with Gasteiger partial charge in [0.25, 0.3) is 5.91 Å². The highest BCUT2D eigenvalue weighted by Crippen LogP contribution is 2.29. The first-order valence-electron chi connectivity index (χ1n) is 10.5. The van der Waals surface area contributed by atoms with Crippen LogP contribution in [-0.2, 0) is 13.0 Å². The number of carbonyl (C=O) groups is 2. The molecule has 0 spiro atoms. The number of hydrogen-bond donors (Lipinski definition) is 1. The minimum Gasteiger partial charge on any atom is -0.339 e. The molecule has 0 saturated carbocycles. The van der Waals surface area contributed by atoms with Crippen molar-refractivity contribution in [2.75, 3.05) is 19.6 Å². The Balaban J connectivity index is 1.31. The summed E-state index contributed by atoms with van der Waals surface area (Å²) in [7, 11) is 0. The van der Waals surface area contributed by atoms with Crippen molar-refractivity contribution in [2.24, 2.45) is 5.92 Å². The Kier molecular flexibility index (Phi) is 6.31. The number of rotatable bonds is 5. The highest BCUT2D eigenvalue weighted by Gasteiger charge is 2.25. The quantitative estimate of drug-likeness (QED) is 0.738. The van der Waals surface area contributed by atoms with E-state index in [1.54, 1.807) is 0 Å². The number of carbonyl (C=O) groups excluding carboxylic acids is 2. The number of ketones is 1. The van der Waals surface area contributed by atoms with Crippen LogP contribution in [-0.4, -0.2) is 36.2 Å². The molecule has 4 nitrogen and oxygen atoms in total. The third kappa shape index (κ3) is 4.54. The van der Waals surface area contributed by atoms with Gasteiger partial charge in [-0.05, 0) is 73.5 Å². The first-order valence-corrected chi connectivity index (χ1v) is 10.9. The Morgan fingerprint density at radius 3 is 2.55 bits per heavy atom. The Bertz CT molecular complexity index is 889. The van der Waals surface area contributed by atoms with E-state index >= 15 is 0 Å². The number of benzene rings is 2. The van der Waals surface area contributed by atoms with E-state index in [4.69, 9.17) is 11.6 Å². The largest absolute Gasteiger partial charge is 0.339 e. The summed E-state index contributed by atoms with van der Waals surface area (Å²) < 4.78 is 0. The number of likely N-dealkylation sites (tertiary alicyclic amines) is 1. The lowest BCUT2D eigenvalue weighted by atomic mass is 9.87. The van der Waals surface area contributed by atoms with Crippen molar-refractivity contribution in [1.82, 2.24) is 10.2 Å². The van der Waals surface area contributed by atoms with E-state index in [0.717, 1.165) is 79.1 Å². The van der Waals surface area contributed by atoms with Crippen LogP contribution < -0.4 is 5.32 Å². The molecule has 1 saturated heterocycles. The zero-order chi connectivity index (χ0) is 20.2. The maximum absolute atomic E-state index is 12.9. The first-order chi connectivity index (χ1) is 14.1. The molecule has 0 radical (unpaired) electrons. The normalized spacial score (nSPS) is 17.1. The summed E-state index contributed by atoms with van der Waals surface area (Å²) in [5.74, 6) is 0.840. The van der Waals surface area contributed by atoms with Crippen LogP contribution in [0, 0.1) is 5.92 Å². The van der Waals surface area contributed by atoms with Gasteiger partial charge in [0.1, 0.15) is 0 Å². The highest BCUT2D eigenvalue weighted by atomic mass is 35.5. The van der Waals surface area contributed by atoms with Crippen LogP contribution in [0.25, 0.3) is 0 Å². The smallest absolute Gasteiger partial charge is 0.253 e. The van der Waals surface area contributed by atoms with Crippen LogP contribution >= 0.6 is 11.6 Å². The molecule has 0 aliphatic carbocycles. The fourth-order valence-corrected chi connectivity index (χ4v) is 4.73. The van der Waals surface area contributed by atoms with Crippen molar-refractivity contribution in [3.63, 3.8) is 0 Å². The molecule has 1 amide bonds. The van der Waals surface area contributed by atoms with E-state index in [1.807, 2.05) is 47.4 Å². The molecule has 1 N–H and O–H groups in total. The molecule has 1 fully saturated rings. The Hall–Kier alpha value is -2.17. The molecule has 4 rings (SSSR count). The minimum atomic E-state index is 0.113. The van der Waals surface area contributed by atoms with Crippen LogP contribution in [0.2, 0.25) is 5.02 Å². The van der Waals surface area contributed by atoms with Crippen LogP contribution in [0.5, 0.6) is 0 Å². The van der Waals surface area contributed by atoms with Gasteiger partial charge in [-0.1, -0.05) is 29.8 Å². The van der Waals surface area contributed by atoms with Gasteiger partial charge < -0.3 is 10.2 Å². The molecule has 2 aromatic rings. The summed E-state index contributed by atoms with van der Waals surface area (Å²) in [6.45, 7) is 3.17. The molecule has 0 atom stereocenters. The molecule has 152 valence electrons. The molecule has 2 aliphatic rings. The number of nitrogens with zero attached hydrogens (tertiary/aromatic N) is 1. The van der Waals surface area contributed by atoms with Gasteiger partial charge in [-0.3, -0.25) is 9.59 Å². The van der Waals surface area contributed by atoms with Gasteiger partial charge >= 0.3 is 0 Å². The fourth-order valence-electron chi connectivity index (χ4n) is 4.49. The van der Waals surface area contributed by atoms with Crippen molar-refractivity contribution in [1.29, 1.82) is 0 Å². The number of halogens is 1. The van der Waals surface area contributed by atoms with Gasteiger partial charge in [-0.2, -0.15) is 0 Å². The van der Waals surface area contributed by atoms with Gasteiger partial charge in [-0.25, -0.2) is 0 Å². The minimum absolute atomic E-state index is 0.113. The molecule has 0 aromatic heterocycles. The molecular formula is C24H27ClN2O2. The lowest BCUT2D eigenvalue weighted by molar-refractivity contribution is 0.0681. The number of amides is 1. The van der Waals surface area contributed by atoms with Crippen LogP contribution in [0.3, 0.4) is 0 Å². The van der Waals surface area contributed by atoms with E-state index in [-0.39, 0.29) is 11.7 Å². The summed E-state index contributed by atoms with van der Waals surface area (Å²) in [5.41, 5.74) is 3.81. The lowest BCUT2D eigenvalue weighted by Crippen LogP contribution is -2.38. The zero-order valence-electron chi connectivity index (χ0n) is 16.6. The highest BCUT2D eigenvalue weighted by molar-refractivity contribution is 6.31. The molecule has 2 heterocycles. The second-order valence-electron chi connectivity index (χ2n) is 8.04. The summed E-state index contributed by atoms with van der Waals surface area (Å²) in [6.07, 6.45) is 4.25. The topological polar surface area (TPSA) is 49.4 Å². The molecule has 0 bridgehead atoms. The standard InChI is InChI=1S/C24H27ClN2O2/c25-22-8-7-20(19-10-13-26-16-21(19)22)23(28)9-6-17-11-14-27(15-12-17)24(29)18-4-2-1-3-5-18/h1-5,7-8,17,26H,6,9-16H2. The van der Waals surface area contributed by atoms with Crippen LogP contribution in [0.4, 0.5) is 0 Å². The van der Waals surface area contributed by atoms with Gasteiger partial charge in [0.2, 0.25) is 0 Å². The molecule has 5 heteroatoms. The summed E-state index contributed by atoms with van der Waals surface area (Å²) in [4.78, 5) is 27.4. The van der Waals surface area contributed by atoms with Crippen molar-refractivity contribution in [2.45, 2.75) is 38.6 Å². The third-order valence-corrected chi connectivity index (χ3v) is 6.58. The Morgan fingerprint density at radius 2 is 1.79 bits per heavy atom. The molecule has 29 heavy (non-hydrogen) atoms. The predicted octanol–water partition coefficient (Wildman–Crippen LogP) is 4.50. The molecule has 0 unspecified atom stereocenters. The number of fused-ring (bicyclic) bond motifs is 1. The van der Waals surface area contributed by atoms with E-state index in [0.29, 0.717) is 12.3 Å². The fraction of sp³-hybridized carbons (Fsp3) is 0.417. The van der Waals surface area contributed by atoms with Crippen molar-refractivity contribution >= 4 is 23.3 Å². The van der Waals surface area contributed by atoms with Gasteiger partial charge in [0, 0.05) is 42.2 Å². The lowest BCUT2D eigenvalue weighted by Gasteiger charge is -2.32. The third-order valence-electron chi connectivity index (χ3n) is 6.23. The summed E-state index contributed by atoms with van der Waals surface area (Å²) >= 11 is 6.32. The molecular weight excluding hydrogens is 384 g/mol. The first kappa shape index (κ1) is 20.1. The maximum atomic E-state index is 12.9. The number of nitrogens with one attached hydrogen (secondary N) is 1. The second-order valence-corrected chi connectivity index (χ2v) is 8.45. The maximum Gasteiger partial charge on any atom is 0.253 e. The predicted molar refractivity (Wildman–Crippen MR) is 115 cm³/mol. The van der Waals surface area contributed by atoms with E-state index in [2.05, 4.69) is 5.32 Å². The van der Waals surface area contributed by atoms with Crippen molar-refractivity contribution < 1.29 is 9.59 Å². The van der Waals surface area contributed by atoms with E-state index in [9.17, 15) is 9.59 Å². The van der Waals surface area contributed by atoms with Crippen molar-refractivity contribution in [3.05, 3.63) is 69.7 Å². The number of Topliss-reactive ketones (excluding diaryl/α,β-unsaturated/α-hetero) is 1. The van der Waals surface area contributed by atoms with Gasteiger partial charge in [0.15, 0.2) is 5.78 Å². The second kappa shape index (κ2) is 9.10. The zero-order valence-corrected chi connectivity index (χ0v) is 17.4. The van der Waals surface area contributed by atoms with Crippen molar-refractivity contribution in [3.8, 4) is 0 Å². The monoisotopic (exact) mass is 410 g/mol. The number of piperidine rings is 1. The molecule has 2 aromatic carbocycles. The van der Waals surface area contributed by atoms with E-state index in [1.165, 1.54) is 0 Å². The SMILES string of the molecule is O=C(CCC1CCN(C(=O)c2ccccc2)CC1)c1ccc(Cl)c2c1CCNC2. The average Bonchev–Trinajstić information content (AvgIpc) is 2.78. The Labute approximate surface area is 177 Å². The van der Waals surface area contributed by atoms with Gasteiger partial charge in [0.05, 0.1) is 0 Å². The Morgan fingerprint density at radius 1 is 1.03 bits per heavy atom. The van der Waals surface area contributed by atoms with Gasteiger partial charge in [-0.15, -0.1) is 0 Å². The van der Waals surface area contributed by atoms with E-state index < -0.39 is 0 Å². The summed E-state index contributed by atoms with van der Waals surface area (Å²) in [6, 6.07) is 13.2. The van der Waals surface area contributed by atoms with Crippen LogP contribution in [0.1, 0.15) is 57.5 Å².